The Hall–Kier alpha value is -3.75. The van der Waals surface area contributed by atoms with Crippen LogP contribution in [-0.2, 0) is 16.1 Å². The third-order valence-corrected chi connectivity index (χ3v) is 7.12. The number of aromatic nitrogens is 1. The zero-order valence-electron chi connectivity index (χ0n) is 18.3. The number of thiophene rings is 1. The van der Waals surface area contributed by atoms with Crippen LogP contribution in [0.25, 0.3) is 32.6 Å². The largest absolute Gasteiger partial charge is 0.477 e. The fourth-order valence-corrected chi connectivity index (χ4v) is 5.40. The molecule has 2 aromatic carbocycles. The molecule has 4 aromatic rings. The number of fused-ring (bicyclic) bond motifs is 1. The van der Waals surface area contributed by atoms with Crippen molar-refractivity contribution in [2.24, 2.45) is 0 Å². The normalized spacial score (nSPS) is 13.8. The number of carbonyl (C=O) groups excluding carboxylic acids is 2. The van der Waals surface area contributed by atoms with E-state index in [0.717, 1.165) is 33.4 Å². The number of morpholine rings is 1. The molecule has 1 fully saturated rings. The number of carboxylic acids is 1. The Bertz CT molecular complexity index is 1370. The van der Waals surface area contributed by atoms with Gasteiger partial charge in [0, 0.05) is 24.2 Å². The second-order valence-electron chi connectivity index (χ2n) is 8.04. The van der Waals surface area contributed by atoms with Crippen molar-refractivity contribution in [1.29, 1.82) is 0 Å². The van der Waals surface area contributed by atoms with Crippen molar-refractivity contribution in [3.63, 3.8) is 0 Å². The smallest absolute Gasteiger partial charge is 0.345 e. The monoisotopic (exact) mass is 474 g/mol. The van der Waals surface area contributed by atoms with Crippen LogP contribution >= 0.6 is 11.3 Å². The molecule has 2 aromatic heterocycles. The van der Waals surface area contributed by atoms with E-state index in [0.29, 0.717) is 37.4 Å². The van der Waals surface area contributed by atoms with Gasteiger partial charge >= 0.3 is 5.97 Å². The van der Waals surface area contributed by atoms with E-state index in [9.17, 15) is 19.5 Å². The first kappa shape index (κ1) is 22.1. The molecule has 1 amide bonds. The zero-order chi connectivity index (χ0) is 23.7. The van der Waals surface area contributed by atoms with Gasteiger partial charge in [0.15, 0.2) is 0 Å². The second-order valence-corrected chi connectivity index (χ2v) is 9.09. The third kappa shape index (κ3) is 4.02. The van der Waals surface area contributed by atoms with E-state index in [4.69, 9.17) is 4.74 Å². The maximum absolute atomic E-state index is 13.3. The molecule has 1 N–H and O–H groups in total. The Morgan fingerprint density at radius 1 is 1.00 bits per heavy atom. The molecule has 0 atom stereocenters. The highest BCUT2D eigenvalue weighted by atomic mass is 32.1. The standard InChI is InChI=1S/C26H22N2O5S/c29-16-17-6-8-19(9-7-17)24-23(18-4-2-1-3-5-18)25-20(14-21(34-25)26(31)32)28(24)15-22(30)27-10-12-33-13-11-27/h1-9,14,16H,10-13,15H2,(H,31,32). The quantitative estimate of drug-likeness (QED) is 0.418. The molecule has 1 aliphatic rings. The lowest BCUT2D eigenvalue weighted by Crippen LogP contribution is -2.42. The summed E-state index contributed by atoms with van der Waals surface area (Å²) in [4.78, 5) is 38.3. The van der Waals surface area contributed by atoms with Gasteiger partial charge in [-0.2, -0.15) is 0 Å². The first-order chi connectivity index (χ1) is 16.6. The fraction of sp³-hybridized carbons (Fsp3) is 0.192. The molecule has 8 heteroatoms. The Morgan fingerprint density at radius 3 is 2.35 bits per heavy atom. The Labute approximate surface area is 199 Å². The summed E-state index contributed by atoms with van der Waals surface area (Å²) in [6, 6.07) is 18.6. The SMILES string of the molecule is O=Cc1ccc(-c2c(-c3ccccc3)c3sc(C(=O)O)cc3n2CC(=O)N2CCOCC2)cc1. The van der Waals surface area contributed by atoms with Crippen LogP contribution in [0.3, 0.4) is 0 Å². The van der Waals surface area contributed by atoms with Gasteiger partial charge in [-0.25, -0.2) is 4.79 Å². The van der Waals surface area contributed by atoms with Gasteiger partial charge in [0.2, 0.25) is 5.91 Å². The number of nitrogens with zero attached hydrogens (tertiary/aromatic N) is 2. The minimum atomic E-state index is -0.997. The van der Waals surface area contributed by atoms with Crippen LogP contribution in [0.4, 0.5) is 0 Å². The van der Waals surface area contributed by atoms with E-state index in [1.165, 1.54) is 11.3 Å². The molecule has 0 radical (unpaired) electrons. The summed E-state index contributed by atoms with van der Waals surface area (Å²) < 4.78 is 8.11. The molecule has 0 unspecified atom stereocenters. The average Bonchev–Trinajstić information content (AvgIpc) is 3.43. The first-order valence-electron chi connectivity index (χ1n) is 10.9. The predicted octanol–water partition coefficient (Wildman–Crippen LogP) is 4.41. The summed E-state index contributed by atoms with van der Waals surface area (Å²) in [5, 5.41) is 9.67. The summed E-state index contributed by atoms with van der Waals surface area (Å²) in [6.07, 6.45) is 0.792. The maximum Gasteiger partial charge on any atom is 0.345 e. The molecule has 34 heavy (non-hydrogen) atoms. The number of hydrogen-bond acceptors (Lipinski definition) is 5. The minimum absolute atomic E-state index is 0.0475. The summed E-state index contributed by atoms with van der Waals surface area (Å²) in [5.41, 5.74) is 4.74. The van der Waals surface area contributed by atoms with Crippen LogP contribution in [0.2, 0.25) is 0 Å². The lowest BCUT2D eigenvalue weighted by atomic mass is 10.0. The molecule has 1 saturated heterocycles. The highest BCUT2D eigenvalue weighted by Crippen LogP contribution is 2.44. The van der Waals surface area contributed by atoms with E-state index in [2.05, 4.69) is 0 Å². The van der Waals surface area contributed by atoms with E-state index in [-0.39, 0.29) is 17.3 Å². The second kappa shape index (κ2) is 9.24. The lowest BCUT2D eigenvalue weighted by molar-refractivity contribution is -0.135. The van der Waals surface area contributed by atoms with Gasteiger partial charge in [0.25, 0.3) is 0 Å². The Morgan fingerprint density at radius 2 is 1.71 bits per heavy atom. The van der Waals surface area contributed by atoms with Gasteiger partial charge in [-0.3, -0.25) is 9.59 Å². The van der Waals surface area contributed by atoms with Gasteiger partial charge in [-0.1, -0.05) is 54.6 Å². The minimum Gasteiger partial charge on any atom is -0.477 e. The molecular formula is C26H22N2O5S. The third-order valence-electron chi connectivity index (χ3n) is 5.99. The number of benzene rings is 2. The summed E-state index contributed by atoms with van der Waals surface area (Å²) >= 11 is 1.21. The molecule has 0 bridgehead atoms. The van der Waals surface area contributed by atoms with Crippen molar-refractivity contribution >= 4 is 39.7 Å². The number of rotatable bonds is 6. The molecule has 172 valence electrons. The number of ether oxygens (including phenoxy) is 1. The number of aromatic carboxylic acids is 1. The topological polar surface area (TPSA) is 88.8 Å². The summed E-state index contributed by atoms with van der Waals surface area (Å²) in [7, 11) is 0. The van der Waals surface area contributed by atoms with Crippen molar-refractivity contribution in [3.05, 3.63) is 71.1 Å². The lowest BCUT2D eigenvalue weighted by Gasteiger charge is -2.27. The van der Waals surface area contributed by atoms with Crippen LogP contribution in [0, 0.1) is 0 Å². The highest BCUT2D eigenvalue weighted by molar-refractivity contribution is 7.21. The Kier molecular flexibility index (Phi) is 6.00. The molecule has 0 aliphatic carbocycles. The molecule has 5 rings (SSSR count). The Balaban J connectivity index is 1.75. The number of hydrogen-bond donors (Lipinski definition) is 1. The predicted molar refractivity (Wildman–Crippen MR) is 130 cm³/mol. The molecule has 1 aliphatic heterocycles. The summed E-state index contributed by atoms with van der Waals surface area (Å²) in [6.45, 7) is 2.14. The molecule has 0 saturated carbocycles. The van der Waals surface area contributed by atoms with E-state index in [1.807, 2.05) is 47.0 Å². The van der Waals surface area contributed by atoms with Crippen molar-refractivity contribution in [2.45, 2.75) is 6.54 Å². The molecule has 0 spiro atoms. The van der Waals surface area contributed by atoms with Gasteiger partial charge in [0.05, 0.1) is 29.1 Å². The number of amides is 1. The van der Waals surface area contributed by atoms with Crippen molar-refractivity contribution in [2.75, 3.05) is 26.3 Å². The highest BCUT2D eigenvalue weighted by Gasteiger charge is 2.26. The van der Waals surface area contributed by atoms with Crippen molar-refractivity contribution in [3.8, 4) is 22.4 Å². The first-order valence-corrected chi connectivity index (χ1v) is 11.7. The van der Waals surface area contributed by atoms with E-state index in [1.54, 1.807) is 23.1 Å². The van der Waals surface area contributed by atoms with Crippen LogP contribution in [-0.4, -0.2) is 59.0 Å². The van der Waals surface area contributed by atoms with E-state index < -0.39 is 5.97 Å². The van der Waals surface area contributed by atoms with Crippen molar-refractivity contribution < 1.29 is 24.2 Å². The number of carbonyl (C=O) groups is 3. The van der Waals surface area contributed by atoms with Crippen molar-refractivity contribution in [1.82, 2.24) is 9.47 Å². The summed E-state index contributed by atoms with van der Waals surface area (Å²) in [5.74, 6) is -1.04. The van der Waals surface area contributed by atoms with Crippen LogP contribution in [0.5, 0.6) is 0 Å². The van der Waals surface area contributed by atoms with Gasteiger partial charge in [-0.05, 0) is 17.2 Å². The van der Waals surface area contributed by atoms with Crippen LogP contribution in [0.1, 0.15) is 20.0 Å². The zero-order valence-corrected chi connectivity index (χ0v) is 19.1. The maximum atomic E-state index is 13.3. The molecule has 7 nitrogen and oxygen atoms in total. The fourth-order valence-electron chi connectivity index (χ4n) is 4.33. The van der Waals surface area contributed by atoms with Gasteiger partial charge in [0.1, 0.15) is 17.7 Å². The van der Waals surface area contributed by atoms with E-state index >= 15 is 0 Å². The van der Waals surface area contributed by atoms with Gasteiger partial charge in [-0.15, -0.1) is 11.3 Å². The van der Waals surface area contributed by atoms with Crippen LogP contribution < -0.4 is 0 Å². The van der Waals surface area contributed by atoms with Crippen LogP contribution in [0.15, 0.2) is 60.7 Å². The number of aldehydes is 1. The van der Waals surface area contributed by atoms with Gasteiger partial charge < -0.3 is 19.3 Å². The average molecular weight is 475 g/mol. The number of carboxylic acid groups (broad SMARTS) is 1. The molecule has 3 heterocycles. The molecular weight excluding hydrogens is 452 g/mol.